The summed E-state index contributed by atoms with van der Waals surface area (Å²) in [5.74, 6) is 0.356. The van der Waals surface area contributed by atoms with E-state index in [1.165, 1.54) is 41.9 Å². The summed E-state index contributed by atoms with van der Waals surface area (Å²) >= 11 is -0.517. The molecule has 1 saturated heterocycles. The van der Waals surface area contributed by atoms with E-state index >= 15 is 0 Å². The Bertz CT molecular complexity index is 814. The molecule has 0 aromatic heterocycles. The summed E-state index contributed by atoms with van der Waals surface area (Å²) in [6.45, 7) is 2.28. The van der Waals surface area contributed by atoms with Crippen LogP contribution in [0.15, 0.2) is 91.0 Å². The summed E-state index contributed by atoms with van der Waals surface area (Å²) in [4.78, 5) is 0. The van der Waals surface area contributed by atoms with Crippen LogP contribution in [0.25, 0.3) is 0 Å². The van der Waals surface area contributed by atoms with Crippen molar-refractivity contribution in [3.8, 4) is 0 Å². The molecule has 0 spiro atoms. The second-order valence-electron chi connectivity index (χ2n) is 7.45. The fourth-order valence-corrected chi connectivity index (χ4v) is 16.3. The van der Waals surface area contributed by atoms with Gasteiger partial charge in [0.05, 0.1) is 0 Å². The van der Waals surface area contributed by atoms with Gasteiger partial charge in [0.2, 0.25) is 0 Å². The Morgan fingerprint density at radius 3 is 1.82 bits per heavy atom. The van der Waals surface area contributed by atoms with Crippen molar-refractivity contribution in [3.63, 3.8) is 0 Å². The first-order valence-corrected chi connectivity index (χ1v) is 14.3. The summed E-state index contributed by atoms with van der Waals surface area (Å²) in [5, 5.41) is 3.02. The fourth-order valence-electron chi connectivity index (χ4n) is 4.37. The number of rotatable bonds is 7. The Balaban J connectivity index is 1.89. The van der Waals surface area contributed by atoms with E-state index in [2.05, 4.69) is 97.9 Å². The predicted molar refractivity (Wildman–Crippen MR) is 123 cm³/mol. The summed E-state index contributed by atoms with van der Waals surface area (Å²) in [6.07, 6.45) is 4.99. The van der Waals surface area contributed by atoms with Crippen molar-refractivity contribution in [3.05, 3.63) is 96.6 Å². The molecule has 2 radical (unpaired) electrons. The minimum atomic E-state index is -1.70. The van der Waals surface area contributed by atoms with E-state index in [4.69, 9.17) is 3.76 Å². The van der Waals surface area contributed by atoms with Gasteiger partial charge >= 0.3 is 177 Å². The Morgan fingerprint density at radius 2 is 1.29 bits per heavy atom. The molecule has 0 bridgehead atoms. The molecule has 1 aliphatic heterocycles. The van der Waals surface area contributed by atoms with Gasteiger partial charge in [0.1, 0.15) is 0 Å². The van der Waals surface area contributed by atoms with Gasteiger partial charge < -0.3 is 0 Å². The average Bonchev–Trinajstić information content (AvgIpc) is 3.16. The van der Waals surface area contributed by atoms with Crippen molar-refractivity contribution in [2.24, 2.45) is 0 Å². The minimum absolute atomic E-state index is 0.356. The first-order chi connectivity index (χ1) is 13.9. The normalized spacial score (nSPS) is 20.9. The first kappa shape index (κ1) is 19.9. The van der Waals surface area contributed by atoms with Crippen LogP contribution in [0, 0.1) is 0 Å². The van der Waals surface area contributed by atoms with E-state index in [1.807, 2.05) is 0 Å². The van der Waals surface area contributed by atoms with E-state index in [0.29, 0.717) is 10.3 Å². The van der Waals surface area contributed by atoms with Gasteiger partial charge in [0.15, 0.2) is 0 Å². The van der Waals surface area contributed by atoms with Crippen molar-refractivity contribution in [1.82, 2.24) is 0 Å². The zero-order chi connectivity index (χ0) is 19.2. The van der Waals surface area contributed by atoms with E-state index in [-0.39, 0.29) is 0 Å². The predicted octanol–water partition coefficient (Wildman–Crippen LogP) is 5.91. The van der Waals surface area contributed by atoms with Crippen LogP contribution < -0.4 is 10.6 Å². The van der Waals surface area contributed by atoms with Gasteiger partial charge in [-0.1, -0.05) is 0 Å². The van der Waals surface area contributed by atoms with Crippen LogP contribution in [0.5, 0.6) is 0 Å². The third-order valence-corrected chi connectivity index (χ3v) is 16.0. The number of hydrogen-bond acceptors (Lipinski definition) is 1. The van der Waals surface area contributed by atoms with Gasteiger partial charge in [-0.3, -0.25) is 0 Å². The number of benzene rings is 3. The summed E-state index contributed by atoms with van der Waals surface area (Å²) in [5.41, 5.74) is 1.47. The molecule has 142 valence electrons. The second kappa shape index (κ2) is 9.39. The van der Waals surface area contributed by atoms with Crippen molar-refractivity contribution >= 4 is 33.6 Å². The zero-order valence-corrected chi connectivity index (χ0v) is 19.5. The molecular formula is C25H28GeOP+. The molecule has 2 atom stereocenters. The van der Waals surface area contributed by atoms with Gasteiger partial charge in [0, 0.05) is 0 Å². The zero-order valence-electron chi connectivity index (χ0n) is 16.5. The van der Waals surface area contributed by atoms with E-state index in [9.17, 15) is 0 Å². The van der Waals surface area contributed by atoms with Crippen LogP contribution in [0.1, 0.15) is 42.7 Å². The third-order valence-electron chi connectivity index (χ3n) is 5.71. The monoisotopic (exact) mass is 449 g/mol. The molecule has 3 aromatic carbocycles. The van der Waals surface area contributed by atoms with E-state index in [0.717, 1.165) is 0 Å². The third kappa shape index (κ3) is 3.73. The van der Waals surface area contributed by atoms with Gasteiger partial charge in [-0.25, -0.2) is 0 Å². The van der Waals surface area contributed by atoms with Crippen LogP contribution in [0.4, 0.5) is 0 Å². The molecule has 0 aliphatic carbocycles. The summed E-state index contributed by atoms with van der Waals surface area (Å²) in [6, 6.07) is 33.8. The quantitative estimate of drug-likeness (QED) is 0.248. The van der Waals surface area contributed by atoms with E-state index in [1.54, 1.807) is 0 Å². The van der Waals surface area contributed by atoms with Crippen LogP contribution in [0.3, 0.4) is 0 Å². The molecule has 3 heteroatoms. The van der Waals surface area contributed by atoms with Crippen LogP contribution in [-0.4, -0.2) is 21.6 Å². The topological polar surface area (TPSA) is 9.23 Å². The van der Waals surface area contributed by atoms with Crippen LogP contribution in [0.2, 0.25) is 0 Å². The molecule has 1 nitrogen and oxygen atoms in total. The molecule has 1 fully saturated rings. The Labute approximate surface area is 176 Å². The number of unbranched alkanes of at least 4 members (excludes halogenated alkanes) is 2. The van der Waals surface area contributed by atoms with Crippen LogP contribution >= 0.6 is 7.26 Å². The van der Waals surface area contributed by atoms with Gasteiger partial charge in [-0.15, -0.1) is 0 Å². The Hall–Kier alpha value is -1.41. The van der Waals surface area contributed by atoms with Crippen molar-refractivity contribution in [1.29, 1.82) is 0 Å². The molecule has 0 N–H and O–H groups in total. The van der Waals surface area contributed by atoms with Crippen molar-refractivity contribution in [2.75, 3.05) is 0 Å². The SMILES string of the molecule is CCCCC[C@H]1[O][Ge][C@@H](c2ccccc2)[P+]1(c1ccccc1)c1ccccc1. The van der Waals surface area contributed by atoms with Gasteiger partial charge in [-0.05, 0) is 0 Å². The molecular weight excluding hydrogens is 420 g/mol. The number of hydrogen-bond donors (Lipinski definition) is 0. The van der Waals surface area contributed by atoms with Crippen molar-refractivity contribution in [2.45, 2.75) is 42.9 Å². The molecule has 0 unspecified atom stereocenters. The molecule has 1 aliphatic rings. The fraction of sp³-hybridized carbons (Fsp3) is 0.280. The molecule has 4 rings (SSSR count). The molecule has 3 aromatic rings. The maximum atomic E-state index is 6.77. The average molecular weight is 448 g/mol. The Kier molecular flexibility index (Phi) is 6.67. The van der Waals surface area contributed by atoms with E-state index < -0.39 is 23.0 Å². The molecule has 1 heterocycles. The van der Waals surface area contributed by atoms with Crippen LogP contribution in [-0.2, 0) is 3.76 Å². The van der Waals surface area contributed by atoms with Gasteiger partial charge in [-0.2, -0.15) is 0 Å². The molecule has 28 heavy (non-hydrogen) atoms. The summed E-state index contributed by atoms with van der Waals surface area (Å²) in [7, 11) is -1.70. The summed E-state index contributed by atoms with van der Waals surface area (Å²) < 4.78 is 7.31. The molecule has 0 amide bonds. The maximum absolute atomic E-state index is 6.77. The van der Waals surface area contributed by atoms with Gasteiger partial charge in [0.25, 0.3) is 0 Å². The van der Waals surface area contributed by atoms with Crippen molar-refractivity contribution < 1.29 is 3.76 Å². The Morgan fingerprint density at radius 1 is 0.750 bits per heavy atom. The first-order valence-electron chi connectivity index (χ1n) is 10.3. The molecule has 0 saturated carbocycles. The second-order valence-corrected chi connectivity index (χ2v) is 14.3. The standard InChI is InChI=1S/C25H28GeOP/c1-2-3-7-20-24-27-26-25(21-14-8-4-9-15-21)28(24,22-16-10-5-11-17-22)23-18-12-6-13-19-23/h4-6,8-19,24-25H,2-3,7,20H2,1H3/q+1/t24-,25+/m0/s1.